The first-order valence-electron chi connectivity index (χ1n) is 13.6. The Labute approximate surface area is 239 Å². The molecular formula is C34H35FN4O2. The number of nitrogens with one attached hydrogen (secondary N) is 1. The number of methoxy groups -OCH3 is 1. The normalized spacial score (nSPS) is 14.9. The number of benzene rings is 4. The maximum Gasteiger partial charge on any atom is 0.411 e. The third-order valence-electron chi connectivity index (χ3n) is 7.45. The monoisotopic (exact) mass is 550 g/mol. The van der Waals surface area contributed by atoms with Gasteiger partial charge < -0.3 is 10.5 Å². The molecule has 2 aliphatic heterocycles. The number of nitrogens with two attached hydrogens (primary N) is 1. The van der Waals surface area contributed by atoms with Crippen LogP contribution in [0.4, 0.5) is 20.9 Å². The molecule has 0 radical (unpaired) electrons. The number of carbonyl (C=O) groups excluding carboxylic acids is 1. The number of aliphatic imine (C=N–C) groups is 2. The van der Waals surface area contributed by atoms with Crippen LogP contribution in [0.2, 0.25) is 0 Å². The molecule has 1 amide bonds. The number of amides is 1. The average molecular weight is 551 g/mol. The number of carbonyl (C=O) groups is 1. The molecule has 6 rings (SSSR count). The standard InChI is InChI=1S/C18H18N2O2.C16H16N2.FH/c1-12(17-7-4-10-19-17)15-6-3-5-13-8-9-14(11-16(13)15)20-18(21)22-2;1-11(16-6-3-9-18-16)14-5-2-4-12-7-8-13(17)10-15(12)14;/h3,5-12H,4H2,1-2H3,(H,20,21);2,4-11H,3,17H2,1H3;1H. The Hall–Kier alpha value is -4.78. The van der Waals surface area contributed by atoms with Crippen molar-refractivity contribution in [1.29, 1.82) is 0 Å². The maximum absolute atomic E-state index is 11.4. The molecule has 4 aromatic carbocycles. The number of hydrogen-bond acceptors (Lipinski definition) is 5. The van der Waals surface area contributed by atoms with Gasteiger partial charge in [0.25, 0.3) is 0 Å². The van der Waals surface area contributed by atoms with Gasteiger partial charge in [0, 0.05) is 59.9 Å². The fourth-order valence-corrected chi connectivity index (χ4v) is 5.28. The van der Waals surface area contributed by atoms with Gasteiger partial charge in [-0.3, -0.25) is 20.0 Å². The SMILES string of the molecule is CC(C1=CCC=N1)c1cccc2ccc(N)cc12.COC(=O)Nc1ccc2cccc(C(C)C3=CCC=N3)c2c1.F. The van der Waals surface area contributed by atoms with E-state index in [1.807, 2.05) is 36.7 Å². The van der Waals surface area contributed by atoms with E-state index in [1.165, 1.54) is 29.0 Å². The van der Waals surface area contributed by atoms with Crippen molar-refractivity contribution >= 4 is 51.4 Å². The first-order chi connectivity index (χ1) is 19.4. The molecule has 0 saturated carbocycles. The third-order valence-corrected chi connectivity index (χ3v) is 7.45. The van der Waals surface area contributed by atoms with Crippen LogP contribution in [0.5, 0.6) is 0 Å². The summed E-state index contributed by atoms with van der Waals surface area (Å²) in [5, 5.41) is 7.43. The minimum atomic E-state index is -0.465. The summed E-state index contributed by atoms with van der Waals surface area (Å²) >= 11 is 0. The van der Waals surface area contributed by atoms with Crippen LogP contribution in [0, 0.1) is 0 Å². The Morgan fingerprint density at radius 1 is 0.805 bits per heavy atom. The Kier molecular flexibility index (Phi) is 9.30. The van der Waals surface area contributed by atoms with Gasteiger partial charge in [-0.15, -0.1) is 0 Å². The second-order valence-corrected chi connectivity index (χ2v) is 10.0. The van der Waals surface area contributed by atoms with E-state index < -0.39 is 6.09 Å². The van der Waals surface area contributed by atoms with E-state index in [-0.39, 0.29) is 10.6 Å². The highest BCUT2D eigenvalue weighted by Gasteiger charge is 2.16. The van der Waals surface area contributed by atoms with E-state index >= 15 is 0 Å². The van der Waals surface area contributed by atoms with Gasteiger partial charge >= 0.3 is 6.09 Å². The number of allylic oxidation sites excluding steroid dienone is 4. The number of hydrogen-bond donors (Lipinski definition) is 2. The fraction of sp³-hybridized carbons (Fsp3) is 0.206. The molecule has 3 N–H and O–H groups in total. The van der Waals surface area contributed by atoms with E-state index in [2.05, 4.69) is 94.6 Å². The molecule has 0 bridgehead atoms. The smallest absolute Gasteiger partial charge is 0.411 e. The summed E-state index contributed by atoms with van der Waals surface area (Å²) in [7, 11) is 1.36. The van der Waals surface area contributed by atoms with Crippen LogP contribution >= 0.6 is 0 Å². The van der Waals surface area contributed by atoms with Crippen LogP contribution in [-0.4, -0.2) is 25.6 Å². The number of nitrogen functional groups attached to an aromatic ring is 1. The zero-order valence-corrected chi connectivity index (χ0v) is 23.5. The third kappa shape index (κ3) is 6.52. The zero-order valence-electron chi connectivity index (χ0n) is 23.5. The van der Waals surface area contributed by atoms with Crippen molar-refractivity contribution in [3.05, 3.63) is 107 Å². The van der Waals surface area contributed by atoms with Gasteiger partial charge in [0.2, 0.25) is 0 Å². The number of halogens is 1. The molecule has 41 heavy (non-hydrogen) atoms. The van der Waals surface area contributed by atoms with Crippen molar-refractivity contribution in [2.24, 2.45) is 9.98 Å². The number of fused-ring (bicyclic) bond motifs is 2. The van der Waals surface area contributed by atoms with Gasteiger partial charge in [-0.25, -0.2) is 4.79 Å². The fourth-order valence-electron chi connectivity index (χ4n) is 5.28. The highest BCUT2D eigenvalue weighted by molar-refractivity contribution is 5.93. The number of nitrogens with zero attached hydrogens (tertiary/aromatic N) is 2. The molecule has 0 aromatic heterocycles. The first-order valence-corrected chi connectivity index (χ1v) is 13.6. The van der Waals surface area contributed by atoms with Gasteiger partial charge in [0.15, 0.2) is 0 Å². The largest absolute Gasteiger partial charge is 0.453 e. The highest BCUT2D eigenvalue weighted by atomic mass is 19.0. The summed E-state index contributed by atoms with van der Waals surface area (Å²) in [6, 6.07) is 24.6. The minimum Gasteiger partial charge on any atom is -0.453 e. The quantitative estimate of drug-likeness (QED) is 0.244. The van der Waals surface area contributed by atoms with Gasteiger partial charge in [0.05, 0.1) is 7.11 Å². The molecule has 0 aliphatic carbocycles. The summed E-state index contributed by atoms with van der Waals surface area (Å²) in [6.45, 7) is 4.36. The van der Waals surface area contributed by atoms with Crippen molar-refractivity contribution in [2.75, 3.05) is 18.2 Å². The van der Waals surface area contributed by atoms with E-state index in [4.69, 9.17) is 5.73 Å². The van der Waals surface area contributed by atoms with E-state index in [0.29, 0.717) is 5.92 Å². The molecule has 7 heteroatoms. The van der Waals surface area contributed by atoms with Crippen molar-refractivity contribution in [2.45, 2.75) is 38.5 Å². The number of ether oxygens (including phenoxy) is 1. The van der Waals surface area contributed by atoms with Crippen LogP contribution in [-0.2, 0) is 4.74 Å². The molecule has 4 aromatic rings. The lowest BCUT2D eigenvalue weighted by molar-refractivity contribution is 0.187. The lowest BCUT2D eigenvalue weighted by Crippen LogP contribution is -2.10. The van der Waals surface area contributed by atoms with Crippen LogP contribution in [0.15, 0.2) is 106 Å². The first kappa shape index (κ1) is 29.2. The minimum absolute atomic E-state index is 0. The molecular weight excluding hydrogens is 515 g/mol. The highest BCUT2D eigenvalue weighted by Crippen LogP contribution is 2.34. The van der Waals surface area contributed by atoms with Crippen LogP contribution in [0.3, 0.4) is 0 Å². The van der Waals surface area contributed by atoms with Crippen molar-refractivity contribution < 1.29 is 14.2 Å². The summed E-state index contributed by atoms with van der Waals surface area (Å²) < 4.78 is 4.65. The molecule has 6 nitrogen and oxygen atoms in total. The van der Waals surface area contributed by atoms with Crippen LogP contribution in [0.1, 0.15) is 49.7 Å². The molecule has 2 aliphatic rings. The average Bonchev–Trinajstić information content (AvgIpc) is 3.71. The summed E-state index contributed by atoms with van der Waals surface area (Å²) in [5.74, 6) is 0.532. The Morgan fingerprint density at radius 3 is 1.85 bits per heavy atom. The Morgan fingerprint density at radius 2 is 1.34 bits per heavy atom. The van der Waals surface area contributed by atoms with Crippen molar-refractivity contribution in [3.63, 3.8) is 0 Å². The van der Waals surface area contributed by atoms with Crippen molar-refractivity contribution in [1.82, 2.24) is 0 Å². The second-order valence-electron chi connectivity index (χ2n) is 10.0. The summed E-state index contributed by atoms with van der Waals surface area (Å²) in [5.41, 5.74) is 12.2. The topological polar surface area (TPSA) is 89.1 Å². The zero-order chi connectivity index (χ0) is 28.1. The molecule has 2 unspecified atom stereocenters. The van der Waals surface area contributed by atoms with E-state index in [9.17, 15) is 4.79 Å². The summed E-state index contributed by atoms with van der Waals surface area (Å²) in [4.78, 5) is 20.3. The number of anilines is 2. The Balaban J connectivity index is 0.000000188. The van der Waals surface area contributed by atoms with Gasteiger partial charge in [-0.05, 0) is 56.9 Å². The maximum atomic E-state index is 11.4. The van der Waals surface area contributed by atoms with Crippen LogP contribution < -0.4 is 11.1 Å². The van der Waals surface area contributed by atoms with Crippen molar-refractivity contribution in [3.8, 4) is 0 Å². The van der Waals surface area contributed by atoms with Gasteiger partial charge in [-0.2, -0.15) is 0 Å². The van der Waals surface area contributed by atoms with Gasteiger partial charge in [0.1, 0.15) is 0 Å². The molecule has 0 fully saturated rings. The number of rotatable bonds is 5. The predicted molar refractivity (Wildman–Crippen MR) is 170 cm³/mol. The molecule has 2 heterocycles. The van der Waals surface area contributed by atoms with Crippen LogP contribution in [0.25, 0.3) is 21.5 Å². The summed E-state index contributed by atoms with van der Waals surface area (Å²) in [6.07, 6.45) is 9.63. The second kappa shape index (κ2) is 13.0. The lowest BCUT2D eigenvalue weighted by Gasteiger charge is -2.15. The predicted octanol–water partition coefficient (Wildman–Crippen LogP) is 8.52. The van der Waals surface area contributed by atoms with Gasteiger partial charge in [-0.1, -0.05) is 74.5 Å². The molecule has 0 saturated heterocycles. The lowest BCUT2D eigenvalue weighted by atomic mass is 9.92. The van der Waals surface area contributed by atoms with E-state index in [0.717, 1.165) is 46.4 Å². The molecule has 2 atom stereocenters. The van der Waals surface area contributed by atoms with E-state index in [1.54, 1.807) is 0 Å². The molecule has 210 valence electrons. The molecule has 0 spiro atoms. The Bertz CT molecular complexity index is 1690.